The van der Waals surface area contributed by atoms with Crippen LogP contribution in [0.1, 0.15) is 53.4 Å². The van der Waals surface area contributed by atoms with Crippen molar-refractivity contribution in [3.05, 3.63) is 0 Å². The average Bonchev–Trinajstić information content (AvgIpc) is 2.87. The van der Waals surface area contributed by atoms with Crippen LogP contribution in [0.25, 0.3) is 0 Å². The van der Waals surface area contributed by atoms with Crippen molar-refractivity contribution in [1.82, 2.24) is 5.32 Å². The van der Waals surface area contributed by atoms with Crippen LogP contribution >= 0.6 is 0 Å². The maximum atomic E-state index is 12.3. The number of carbonyl (C=O) groups is 2. The highest BCUT2D eigenvalue weighted by Crippen LogP contribution is 2.49. The van der Waals surface area contributed by atoms with E-state index in [0.29, 0.717) is 5.92 Å². The Kier molecular flexibility index (Phi) is 4.12. The van der Waals surface area contributed by atoms with Crippen LogP contribution in [0.4, 0.5) is 0 Å². The molecule has 2 saturated carbocycles. The Morgan fingerprint density at radius 3 is 2.25 bits per heavy atom. The summed E-state index contributed by atoms with van der Waals surface area (Å²) in [5.74, 6) is -0.249. The van der Waals surface area contributed by atoms with Crippen LogP contribution in [-0.4, -0.2) is 23.0 Å². The van der Waals surface area contributed by atoms with E-state index in [0.717, 1.165) is 11.8 Å². The van der Waals surface area contributed by atoms with Gasteiger partial charge in [0.15, 0.2) is 0 Å². The summed E-state index contributed by atoms with van der Waals surface area (Å²) in [6.45, 7) is 7.43. The van der Waals surface area contributed by atoms with Crippen molar-refractivity contribution in [3.63, 3.8) is 0 Å². The fourth-order valence-electron chi connectivity index (χ4n) is 4.20. The fourth-order valence-corrected chi connectivity index (χ4v) is 4.20. The van der Waals surface area contributed by atoms with Crippen LogP contribution in [-0.2, 0) is 9.59 Å². The number of hydrogen-bond acceptors (Lipinski definition) is 2. The molecule has 2 fully saturated rings. The van der Waals surface area contributed by atoms with Gasteiger partial charge in [-0.15, -0.1) is 0 Å². The van der Waals surface area contributed by atoms with Gasteiger partial charge in [-0.1, -0.05) is 27.2 Å². The number of hydrogen-bond donors (Lipinski definition) is 2. The summed E-state index contributed by atoms with van der Waals surface area (Å²) in [6, 6.07) is 0.0852. The minimum Gasteiger partial charge on any atom is -0.481 e. The van der Waals surface area contributed by atoms with E-state index in [1.807, 2.05) is 6.92 Å². The zero-order chi connectivity index (χ0) is 15.1. The van der Waals surface area contributed by atoms with Crippen LogP contribution < -0.4 is 5.32 Å². The predicted molar refractivity (Wildman–Crippen MR) is 77.1 cm³/mol. The number of carbonyl (C=O) groups excluding carboxylic acids is 1. The molecule has 0 aromatic rings. The molecule has 0 heterocycles. The summed E-state index contributed by atoms with van der Waals surface area (Å²) in [7, 11) is 0. The van der Waals surface area contributed by atoms with E-state index >= 15 is 0 Å². The van der Waals surface area contributed by atoms with E-state index in [1.165, 1.54) is 25.7 Å². The highest BCUT2D eigenvalue weighted by molar-refractivity contribution is 5.97. The molecule has 2 N–H and O–H groups in total. The van der Waals surface area contributed by atoms with Crippen molar-refractivity contribution < 1.29 is 14.7 Å². The molecule has 5 atom stereocenters. The molecule has 0 saturated heterocycles. The van der Waals surface area contributed by atoms with Crippen LogP contribution in [0.15, 0.2) is 0 Å². The molecular weight excluding hydrogens is 254 g/mol. The van der Waals surface area contributed by atoms with E-state index in [9.17, 15) is 14.7 Å². The largest absolute Gasteiger partial charge is 0.481 e. The first kappa shape index (κ1) is 15.3. The number of nitrogens with one attached hydrogen (secondary N) is 1. The third-order valence-electron chi connectivity index (χ3n) is 5.18. The number of carboxylic acid groups (broad SMARTS) is 1. The van der Waals surface area contributed by atoms with Crippen LogP contribution in [0.5, 0.6) is 0 Å². The van der Waals surface area contributed by atoms with Crippen molar-refractivity contribution in [3.8, 4) is 0 Å². The molecule has 0 aromatic carbocycles. The number of carboxylic acids is 1. The Balaban J connectivity index is 1.98. The Bertz CT molecular complexity index is 399. The first-order chi connectivity index (χ1) is 9.20. The molecule has 20 heavy (non-hydrogen) atoms. The molecule has 4 heteroatoms. The number of fused-ring (bicyclic) bond motifs is 2. The van der Waals surface area contributed by atoms with Gasteiger partial charge in [0.25, 0.3) is 0 Å². The molecule has 0 aliphatic heterocycles. The zero-order valence-electron chi connectivity index (χ0n) is 13.0. The van der Waals surface area contributed by atoms with Crippen LogP contribution in [0, 0.1) is 29.1 Å². The smallest absolute Gasteiger partial charge is 0.316 e. The first-order valence-corrected chi connectivity index (χ1v) is 7.73. The van der Waals surface area contributed by atoms with E-state index in [2.05, 4.69) is 5.32 Å². The Morgan fingerprint density at radius 1 is 1.20 bits per heavy atom. The van der Waals surface area contributed by atoms with Gasteiger partial charge < -0.3 is 10.4 Å². The number of amides is 1. The van der Waals surface area contributed by atoms with Crippen molar-refractivity contribution in [2.24, 2.45) is 29.1 Å². The summed E-state index contributed by atoms with van der Waals surface area (Å²) >= 11 is 0. The molecule has 114 valence electrons. The van der Waals surface area contributed by atoms with Gasteiger partial charge in [-0.3, -0.25) is 9.59 Å². The summed E-state index contributed by atoms with van der Waals surface area (Å²) in [6.07, 6.45) is 5.10. The third kappa shape index (κ3) is 2.99. The molecule has 2 bridgehead atoms. The Morgan fingerprint density at radius 2 is 1.85 bits per heavy atom. The molecule has 1 amide bonds. The van der Waals surface area contributed by atoms with E-state index in [4.69, 9.17) is 0 Å². The van der Waals surface area contributed by atoms with Crippen molar-refractivity contribution in [1.29, 1.82) is 0 Å². The zero-order valence-corrected chi connectivity index (χ0v) is 13.0. The maximum absolute atomic E-state index is 12.3. The molecule has 2 rings (SSSR count). The second-order valence-corrected chi connectivity index (χ2v) is 7.77. The lowest BCUT2D eigenvalue weighted by Gasteiger charge is -2.32. The highest BCUT2D eigenvalue weighted by Gasteiger charge is 2.44. The fraction of sp³-hybridized carbons (Fsp3) is 0.875. The molecule has 0 spiro atoms. The van der Waals surface area contributed by atoms with Gasteiger partial charge >= 0.3 is 5.97 Å². The minimum atomic E-state index is -1.03. The average molecular weight is 281 g/mol. The molecule has 5 unspecified atom stereocenters. The Labute approximate surface area is 121 Å². The summed E-state index contributed by atoms with van der Waals surface area (Å²) in [5.41, 5.74) is -0.565. The molecule has 0 aromatic heterocycles. The van der Waals surface area contributed by atoms with E-state index < -0.39 is 17.3 Å². The van der Waals surface area contributed by atoms with Gasteiger partial charge in [-0.2, -0.15) is 0 Å². The minimum absolute atomic E-state index is 0.0852. The summed E-state index contributed by atoms with van der Waals surface area (Å²) in [5, 5.41) is 12.3. The van der Waals surface area contributed by atoms with Crippen LogP contribution in [0.3, 0.4) is 0 Å². The first-order valence-electron chi connectivity index (χ1n) is 7.73. The SMILES string of the molecule is CC(NC(=O)C(C(=O)O)C(C)(C)C)C1CC2CCC1C2. The molecule has 2 aliphatic carbocycles. The van der Waals surface area contributed by atoms with Gasteiger partial charge in [0.05, 0.1) is 0 Å². The van der Waals surface area contributed by atoms with Gasteiger partial charge in [0, 0.05) is 6.04 Å². The quantitative estimate of drug-likeness (QED) is 0.779. The molecule has 4 nitrogen and oxygen atoms in total. The van der Waals surface area contributed by atoms with Crippen LogP contribution in [0.2, 0.25) is 0 Å². The lowest BCUT2D eigenvalue weighted by molar-refractivity contribution is -0.151. The number of rotatable bonds is 4. The van der Waals surface area contributed by atoms with Crippen molar-refractivity contribution in [2.75, 3.05) is 0 Å². The topological polar surface area (TPSA) is 66.4 Å². The molecule has 0 radical (unpaired) electrons. The Hall–Kier alpha value is -1.06. The second kappa shape index (κ2) is 5.38. The number of aliphatic carboxylic acids is 1. The third-order valence-corrected chi connectivity index (χ3v) is 5.18. The monoisotopic (exact) mass is 281 g/mol. The molecule has 2 aliphatic rings. The van der Waals surface area contributed by atoms with Crippen molar-refractivity contribution >= 4 is 11.9 Å². The standard InChI is InChI=1S/C16H27NO3/c1-9(12-8-10-5-6-11(12)7-10)17-14(18)13(15(19)20)16(2,3)4/h9-13H,5-8H2,1-4H3,(H,17,18)(H,19,20). The summed E-state index contributed by atoms with van der Waals surface area (Å²) in [4.78, 5) is 23.7. The highest BCUT2D eigenvalue weighted by atomic mass is 16.4. The van der Waals surface area contributed by atoms with Crippen molar-refractivity contribution in [2.45, 2.75) is 59.4 Å². The second-order valence-electron chi connectivity index (χ2n) is 7.77. The van der Waals surface area contributed by atoms with Gasteiger partial charge in [0.2, 0.25) is 5.91 Å². The predicted octanol–water partition coefficient (Wildman–Crippen LogP) is 2.67. The summed E-state index contributed by atoms with van der Waals surface area (Å²) < 4.78 is 0. The lowest BCUT2D eigenvalue weighted by Crippen LogP contribution is -2.48. The van der Waals surface area contributed by atoms with Gasteiger partial charge in [-0.25, -0.2) is 0 Å². The van der Waals surface area contributed by atoms with E-state index in [-0.39, 0.29) is 11.9 Å². The normalized spacial score (nSPS) is 31.9. The maximum Gasteiger partial charge on any atom is 0.316 e. The van der Waals surface area contributed by atoms with E-state index in [1.54, 1.807) is 20.8 Å². The van der Waals surface area contributed by atoms with Gasteiger partial charge in [0.1, 0.15) is 5.92 Å². The van der Waals surface area contributed by atoms with Gasteiger partial charge in [-0.05, 0) is 49.4 Å². The lowest BCUT2D eigenvalue weighted by atomic mass is 9.79. The molecular formula is C16H27NO3.